The highest BCUT2D eigenvalue weighted by Crippen LogP contribution is 2.48. The summed E-state index contributed by atoms with van der Waals surface area (Å²) in [5.74, 6) is 0.198. The molecular formula is C19H26N2O4. The Hall–Kier alpha value is -2.24. The third-order valence-corrected chi connectivity index (χ3v) is 5.66. The van der Waals surface area contributed by atoms with Crippen LogP contribution in [0, 0.1) is 11.3 Å². The van der Waals surface area contributed by atoms with Gasteiger partial charge < -0.3 is 20.1 Å². The first kappa shape index (κ1) is 17.6. The number of nitrogens with one attached hydrogen (secondary N) is 1. The minimum absolute atomic E-state index is 0.107. The number of carboxylic acid groups (broad SMARTS) is 1. The number of urea groups is 1. The summed E-state index contributed by atoms with van der Waals surface area (Å²) in [6.07, 6.45) is 4.28. The maximum Gasteiger partial charge on any atom is 0.317 e. The van der Waals surface area contributed by atoms with Gasteiger partial charge in [-0.1, -0.05) is 18.6 Å². The van der Waals surface area contributed by atoms with Crippen molar-refractivity contribution < 1.29 is 19.4 Å². The lowest BCUT2D eigenvalue weighted by atomic mass is 9.81. The van der Waals surface area contributed by atoms with E-state index in [4.69, 9.17) is 4.74 Å². The molecular weight excluding hydrogens is 320 g/mol. The molecule has 0 aromatic heterocycles. The fourth-order valence-corrected chi connectivity index (χ4v) is 4.19. The second-order valence-electron chi connectivity index (χ2n) is 7.11. The van der Waals surface area contributed by atoms with Crippen molar-refractivity contribution in [1.82, 2.24) is 10.2 Å². The zero-order chi connectivity index (χ0) is 17.9. The maximum atomic E-state index is 12.3. The van der Waals surface area contributed by atoms with E-state index < -0.39 is 11.4 Å². The van der Waals surface area contributed by atoms with Gasteiger partial charge in [0, 0.05) is 19.6 Å². The molecule has 2 fully saturated rings. The Balaban J connectivity index is 1.43. The van der Waals surface area contributed by atoms with Gasteiger partial charge in [0.1, 0.15) is 5.75 Å². The highest BCUT2D eigenvalue weighted by Gasteiger charge is 2.55. The van der Waals surface area contributed by atoms with Gasteiger partial charge in [0.15, 0.2) is 0 Å². The first-order valence-electron chi connectivity index (χ1n) is 8.94. The van der Waals surface area contributed by atoms with Crippen LogP contribution in [-0.4, -0.2) is 48.8 Å². The van der Waals surface area contributed by atoms with Gasteiger partial charge >= 0.3 is 12.0 Å². The number of rotatable bonds is 6. The standard InChI is InChI=1S/C19H26N2O4/c1-25-16-8-6-14(7-9-16)4-3-11-20-18(24)21-12-15-5-2-10-19(15,13-21)17(22)23/h6-9,15H,2-5,10-13H2,1H3,(H,20,24)(H,22,23)/t15-,19+/m0/s1. The Morgan fingerprint density at radius 2 is 2.12 bits per heavy atom. The molecule has 3 rings (SSSR count). The van der Waals surface area contributed by atoms with Gasteiger partial charge in [0.2, 0.25) is 0 Å². The van der Waals surface area contributed by atoms with Crippen molar-refractivity contribution in [2.45, 2.75) is 32.1 Å². The number of aryl methyl sites for hydroxylation is 1. The number of aliphatic carboxylic acids is 1. The summed E-state index contributed by atoms with van der Waals surface area (Å²) in [4.78, 5) is 25.7. The van der Waals surface area contributed by atoms with E-state index in [0.29, 0.717) is 26.1 Å². The topological polar surface area (TPSA) is 78.9 Å². The fourth-order valence-electron chi connectivity index (χ4n) is 4.19. The number of fused-ring (bicyclic) bond motifs is 1. The highest BCUT2D eigenvalue weighted by atomic mass is 16.5. The summed E-state index contributed by atoms with van der Waals surface area (Å²) in [6.45, 7) is 1.50. The average molecular weight is 346 g/mol. The van der Waals surface area contributed by atoms with Crippen LogP contribution in [-0.2, 0) is 11.2 Å². The summed E-state index contributed by atoms with van der Waals surface area (Å²) >= 11 is 0. The number of likely N-dealkylation sites (tertiary alicyclic amines) is 1. The van der Waals surface area contributed by atoms with Gasteiger partial charge in [-0.3, -0.25) is 4.79 Å². The summed E-state index contributed by atoms with van der Waals surface area (Å²) < 4.78 is 5.14. The number of nitrogens with zero attached hydrogens (tertiary/aromatic N) is 1. The molecule has 1 aromatic rings. The number of carbonyl (C=O) groups is 2. The highest BCUT2D eigenvalue weighted by molar-refractivity contribution is 5.80. The summed E-state index contributed by atoms with van der Waals surface area (Å²) in [7, 11) is 1.64. The summed E-state index contributed by atoms with van der Waals surface area (Å²) in [6, 6.07) is 7.78. The second-order valence-corrected chi connectivity index (χ2v) is 7.11. The molecule has 6 nitrogen and oxygen atoms in total. The van der Waals surface area contributed by atoms with E-state index in [1.165, 1.54) is 5.56 Å². The van der Waals surface area contributed by atoms with Crippen LogP contribution in [0.2, 0.25) is 0 Å². The van der Waals surface area contributed by atoms with Gasteiger partial charge in [0.25, 0.3) is 0 Å². The third kappa shape index (κ3) is 3.57. The molecule has 2 amide bonds. The largest absolute Gasteiger partial charge is 0.497 e. The fraction of sp³-hybridized carbons (Fsp3) is 0.579. The molecule has 0 spiro atoms. The smallest absolute Gasteiger partial charge is 0.317 e. The van der Waals surface area contributed by atoms with E-state index in [1.54, 1.807) is 12.0 Å². The number of ether oxygens (including phenoxy) is 1. The lowest BCUT2D eigenvalue weighted by Crippen LogP contribution is -2.42. The molecule has 136 valence electrons. The first-order chi connectivity index (χ1) is 12.0. The number of hydrogen-bond donors (Lipinski definition) is 2. The zero-order valence-corrected chi connectivity index (χ0v) is 14.7. The SMILES string of the molecule is COc1ccc(CCCNC(=O)N2C[C@@H]3CCC[C@@]3(C(=O)O)C2)cc1. The number of carboxylic acids is 1. The van der Waals surface area contributed by atoms with Crippen molar-refractivity contribution in [2.75, 3.05) is 26.7 Å². The molecule has 1 aromatic carbocycles. The second kappa shape index (κ2) is 7.33. The molecule has 1 saturated heterocycles. The molecule has 1 aliphatic carbocycles. The van der Waals surface area contributed by atoms with Crippen LogP contribution in [0.4, 0.5) is 4.79 Å². The Morgan fingerprint density at radius 1 is 1.36 bits per heavy atom. The molecule has 0 radical (unpaired) electrons. The Kier molecular flexibility index (Phi) is 5.16. The van der Waals surface area contributed by atoms with E-state index >= 15 is 0 Å². The molecule has 2 N–H and O–H groups in total. The van der Waals surface area contributed by atoms with E-state index in [-0.39, 0.29) is 11.9 Å². The Bertz CT molecular complexity index is 631. The normalized spacial score (nSPS) is 24.8. The van der Waals surface area contributed by atoms with Gasteiger partial charge in [0.05, 0.1) is 12.5 Å². The number of carbonyl (C=O) groups excluding carboxylic acids is 1. The van der Waals surface area contributed by atoms with Crippen molar-refractivity contribution in [3.63, 3.8) is 0 Å². The van der Waals surface area contributed by atoms with Gasteiger partial charge in [-0.2, -0.15) is 0 Å². The minimum atomic E-state index is -0.746. The molecule has 6 heteroatoms. The van der Waals surface area contributed by atoms with E-state index in [2.05, 4.69) is 5.32 Å². The number of hydrogen-bond acceptors (Lipinski definition) is 3. The van der Waals surface area contributed by atoms with Crippen molar-refractivity contribution in [3.8, 4) is 5.75 Å². The number of benzene rings is 1. The van der Waals surface area contributed by atoms with Crippen LogP contribution >= 0.6 is 0 Å². The average Bonchev–Trinajstić information content (AvgIpc) is 3.17. The molecule has 1 heterocycles. The van der Waals surface area contributed by atoms with Gasteiger partial charge in [-0.25, -0.2) is 4.79 Å². The monoisotopic (exact) mass is 346 g/mol. The van der Waals surface area contributed by atoms with E-state index in [0.717, 1.165) is 31.4 Å². The first-order valence-corrected chi connectivity index (χ1v) is 8.94. The van der Waals surface area contributed by atoms with Crippen LogP contribution in [0.1, 0.15) is 31.2 Å². The van der Waals surface area contributed by atoms with Crippen LogP contribution in [0.5, 0.6) is 5.75 Å². The number of methoxy groups -OCH3 is 1. The molecule has 0 bridgehead atoms. The van der Waals surface area contributed by atoms with E-state index in [1.807, 2.05) is 24.3 Å². The predicted molar refractivity (Wildman–Crippen MR) is 93.7 cm³/mol. The Labute approximate surface area is 148 Å². The summed E-state index contributed by atoms with van der Waals surface area (Å²) in [5, 5.41) is 12.5. The molecule has 1 aliphatic heterocycles. The minimum Gasteiger partial charge on any atom is -0.497 e. The van der Waals surface area contributed by atoms with Crippen molar-refractivity contribution in [2.24, 2.45) is 11.3 Å². The van der Waals surface area contributed by atoms with Gasteiger partial charge in [-0.05, 0) is 49.3 Å². The van der Waals surface area contributed by atoms with Crippen LogP contribution < -0.4 is 10.1 Å². The lowest BCUT2D eigenvalue weighted by molar-refractivity contribution is -0.149. The quantitative estimate of drug-likeness (QED) is 0.776. The predicted octanol–water partition coefficient (Wildman–Crippen LogP) is 2.52. The van der Waals surface area contributed by atoms with Crippen molar-refractivity contribution >= 4 is 12.0 Å². The number of amides is 2. The third-order valence-electron chi connectivity index (χ3n) is 5.66. The zero-order valence-electron chi connectivity index (χ0n) is 14.7. The van der Waals surface area contributed by atoms with Crippen molar-refractivity contribution in [1.29, 1.82) is 0 Å². The van der Waals surface area contributed by atoms with Crippen LogP contribution in [0.25, 0.3) is 0 Å². The van der Waals surface area contributed by atoms with E-state index in [9.17, 15) is 14.7 Å². The molecule has 2 atom stereocenters. The van der Waals surface area contributed by atoms with Crippen LogP contribution in [0.3, 0.4) is 0 Å². The maximum absolute atomic E-state index is 12.3. The molecule has 1 saturated carbocycles. The lowest BCUT2D eigenvalue weighted by Gasteiger charge is -2.23. The molecule has 25 heavy (non-hydrogen) atoms. The molecule has 2 aliphatic rings. The molecule has 0 unspecified atom stereocenters. The van der Waals surface area contributed by atoms with Crippen LogP contribution in [0.15, 0.2) is 24.3 Å². The van der Waals surface area contributed by atoms with Crippen molar-refractivity contribution in [3.05, 3.63) is 29.8 Å². The van der Waals surface area contributed by atoms with Gasteiger partial charge in [-0.15, -0.1) is 0 Å². The summed E-state index contributed by atoms with van der Waals surface area (Å²) in [5.41, 5.74) is 0.496. The Morgan fingerprint density at radius 3 is 2.76 bits per heavy atom.